The zero-order valence-electron chi connectivity index (χ0n) is 16.9. The second kappa shape index (κ2) is 9.54. The molecule has 3 rings (SSSR count). The van der Waals surface area contributed by atoms with Gasteiger partial charge in [-0.15, -0.1) is 0 Å². The van der Waals surface area contributed by atoms with Gasteiger partial charge in [0, 0.05) is 23.5 Å². The molecule has 1 amide bonds. The molecule has 2 aromatic rings. The van der Waals surface area contributed by atoms with E-state index in [0.29, 0.717) is 23.5 Å². The number of hydrogen-bond acceptors (Lipinski definition) is 5. The summed E-state index contributed by atoms with van der Waals surface area (Å²) in [6, 6.07) is 12.7. The van der Waals surface area contributed by atoms with E-state index in [9.17, 15) is 19.5 Å². The highest BCUT2D eigenvalue weighted by Crippen LogP contribution is 2.34. The van der Waals surface area contributed by atoms with E-state index in [-0.39, 0.29) is 5.56 Å². The second-order valence-corrected chi connectivity index (χ2v) is 7.40. The maximum absolute atomic E-state index is 13.0. The van der Waals surface area contributed by atoms with Crippen molar-refractivity contribution in [3.05, 3.63) is 59.7 Å². The van der Waals surface area contributed by atoms with Crippen molar-refractivity contribution in [1.82, 2.24) is 0 Å². The lowest BCUT2D eigenvalue weighted by atomic mass is 9.88. The van der Waals surface area contributed by atoms with Crippen LogP contribution in [-0.2, 0) is 4.79 Å². The van der Waals surface area contributed by atoms with Crippen LogP contribution in [0.5, 0.6) is 0 Å². The maximum atomic E-state index is 13.0. The first-order chi connectivity index (χ1) is 14.4. The summed E-state index contributed by atoms with van der Waals surface area (Å²) >= 11 is 0. The predicted octanol–water partition coefficient (Wildman–Crippen LogP) is 3.54. The Labute approximate surface area is 175 Å². The van der Waals surface area contributed by atoms with Crippen molar-refractivity contribution >= 4 is 29.0 Å². The summed E-state index contributed by atoms with van der Waals surface area (Å²) < 4.78 is 0. The van der Waals surface area contributed by atoms with E-state index in [1.165, 1.54) is 24.3 Å². The number of carboxylic acid groups (broad SMARTS) is 1. The Balaban J connectivity index is 1.81. The van der Waals surface area contributed by atoms with Crippen molar-refractivity contribution in [2.75, 3.05) is 16.8 Å². The minimum atomic E-state index is -1.27. The number of rotatable bonds is 8. The number of carbonyl (C=O) groups excluding carboxylic acids is 2. The second-order valence-electron chi connectivity index (χ2n) is 7.40. The number of nitrogens with zero attached hydrogens (tertiary/aromatic N) is 1. The lowest BCUT2D eigenvalue weighted by Crippen LogP contribution is -2.53. The molecule has 0 spiro atoms. The summed E-state index contributed by atoms with van der Waals surface area (Å²) in [5.74, 6) is -3.39. The monoisotopic (exact) mass is 410 g/mol. The maximum Gasteiger partial charge on any atom is 0.335 e. The fraction of sp³-hybridized carbons (Fsp3) is 0.348. The number of aliphatic hydroxyl groups is 1. The zero-order chi connectivity index (χ0) is 21.7. The molecule has 0 saturated heterocycles. The number of aliphatic hydroxyl groups excluding tert-OH is 1. The average molecular weight is 410 g/mol. The quantitative estimate of drug-likeness (QED) is 0.454. The van der Waals surface area contributed by atoms with E-state index < -0.39 is 29.8 Å². The largest absolute Gasteiger partial charge is 0.478 e. The van der Waals surface area contributed by atoms with E-state index in [4.69, 9.17) is 5.11 Å². The standard InChI is InChI=1S/C23H26N2O5/c1-2-3-4-7-14-25-18-9-6-5-8-17(18)20(26)19(22(25)28)21(27)24-16-12-10-15(11-13-16)23(29)30/h5-6,8-13,19,22,28H,2-4,7,14H2,1H3,(H,24,27)(H,29,30). The van der Waals surface area contributed by atoms with Crippen LogP contribution >= 0.6 is 0 Å². The number of aromatic carboxylic acids is 1. The molecule has 2 aromatic carbocycles. The van der Waals surface area contributed by atoms with Crippen molar-refractivity contribution in [2.24, 2.45) is 5.92 Å². The molecule has 30 heavy (non-hydrogen) atoms. The van der Waals surface area contributed by atoms with Crippen molar-refractivity contribution in [3.8, 4) is 0 Å². The van der Waals surface area contributed by atoms with Crippen molar-refractivity contribution in [3.63, 3.8) is 0 Å². The van der Waals surface area contributed by atoms with E-state index >= 15 is 0 Å². The van der Waals surface area contributed by atoms with Crippen LogP contribution in [0.1, 0.15) is 53.3 Å². The first-order valence-electron chi connectivity index (χ1n) is 10.2. The molecule has 0 bridgehead atoms. The number of nitrogens with one attached hydrogen (secondary N) is 1. The number of carbonyl (C=O) groups is 3. The fourth-order valence-electron chi connectivity index (χ4n) is 3.69. The normalized spacial score (nSPS) is 18.1. The van der Waals surface area contributed by atoms with Crippen LogP contribution in [0.2, 0.25) is 0 Å². The molecule has 3 N–H and O–H groups in total. The lowest BCUT2D eigenvalue weighted by Gasteiger charge is -2.39. The van der Waals surface area contributed by atoms with Gasteiger partial charge in [-0.2, -0.15) is 0 Å². The molecule has 1 heterocycles. The van der Waals surface area contributed by atoms with Gasteiger partial charge in [-0.05, 0) is 42.8 Å². The van der Waals surface area contributed by atoms with Gasteiger partial charge in [0.15, 0.2) is 5.78 Å². The molecule has 1 aliphatic rings. The molecular weight excluding hydrogens is 384 g/mol. The number of carboxylic acids is 1. The van der Waals surface area contributed by atoms with E-state index in [1.54, 1.807) is 23.1 Å². The Morgan fingerprint density at radius 3 is 2.40 bits per heavy atom. The number of para-hydroxylation sites is 1. The van der Waals surface area contributed by atoms with E-state index in [0.717, 1.165) is 25.7 Å². The Hall–Kier alpha value is -3.19. The van der Waals surface area contributed by atoms with Crippen LogP contribution in [-0.4, -0.2) is 40.6 Å². The van der Waals surface area contributed by atoms with E-state index in [2.05, 4.69) is 12.2 Å². The molecule has 7 nitrogen and oxygen atoms in total. The van der Waals surface area contributed by atoms with Gasteiger partial charge in [0.25, 0.3) is 0 Å². The minimum Gasteiger partial charge on any atom is -0.478 e. The lowest BCUT2D eigenvalue weighted by molar-refractivity contribution is -0.121. The molecule has 0 saturated carbocycles. The highest BCUT2D eigenvalue weighted by molar-refractivity contribution is 6.17. The summed E-state index contributed by atoms with van der Waals surface area (Å²) in [7, 11) is 0. The number of amides is 1. The Morgan fingerprint density at radius 2 is 1.73 bits per heavy atom. The van der Waals surface area contributed by atoms with E-state index in [1.807, 2.05) is 6.07 Å². The van der Waals surface area contributed by atoms with Crippen LogP contribution in [0.15, 0.2) is 48.5 Å². The van der Waals surface area contributed by atoms with Gasteiger partial charge in [0.2, 0.25) is 5.91 Å². The molecular formula is C23H26N2O5. The SMILES string of the molecule is CCCCCCN1c2ccccc2C(=O)C(C(=O)Nc2ccc(C(=O)O)cc2)C1O. The molecule has 2 unspecified atom stereocenters. The predicted molar refractivity (Wildman–Crippen MR) is 114 cm³/mol. The Bertz CT molecular complexity index is 925. The highest BCUT2D eigenvalue weighted by Gasteiger charge is 2.43. The minimum absolute atomic E-state index is 0.0916. The van der Waals surface area contributed by atoms with Crippen LogP contribution in [0.25, 0.3) is 0 Å². The molecule has 0 fully saturated rings. The third-order valence-electron chi connectivity index (χ3n) is 5.31. The first-order valence-corrected chi connectivity index (χ1v) is 10.2. The smallest absolute Gasteiger partial charge is 0.335 e. The molecule has 1 aliphatic heterocycles. The molecule has 158 valence electrons. The number of Topliss-reactive ketones (excluding diaryl/α,β-unsaturated/α-hetero) is 1. The first kappa shape index (κ1) is 21.5. The number of benzene rings is 2. The topological polar surface area (TPSA) is 107 Å². The number of hydrogen-bond donors (Lipinski definition) is 3. The van der Waals surface area contributed by atoms with Gasteiger partial charge in [0.1, 0.15) is 12.1 Å². The van der Waals surface area contributed by atoms with Crippen molar-refractivity contribution in [2.45, 2.75) is 38.8 Å². The highest BCUT2D eigenvalue weighted by atomic mass is 16.4. The van der Waals surface area contributed by atoms with Gasteiger partial charge in [-0.1, -0.05) is 38.3 Å². The van der Waals surface area contributed by atoms with Crippen molar-refractivity contribution < 1.29 is 24.6 Å². The van der Waals surface area contributed by atoms with Crippen LogP contribution < -0.4 is 10.2 Å². The zero-order valence-corrected chi connectivity index (χ0v) is 16.9. The van der Waals surface area contributed by atoms with Gasteiger partial charge in [-0.25, -0.2) is 4.79 Å². The third kappa shape index (κ3) is 4.52. The Morgan fingerprint density at radius 1 is 1.03 bits per heavy atom. The summed E-state index contributed by atoms with van der Waals surface area (Å²) in [6.07, 6.45) is 2.75. The van der Waals surface area contributed by atoms with Crippen LogP contribution in [0.4, 0.5) is 11.4 Å². The summed E-state index contributed by atoms with van der Waals surface area (Å²) in [6.45, 7) is 2.66. The number of unbranched alkanes of at least 4 members (excludes halogenated alkanes) is 3. The van der Waals surface area contributed by atoms with Gasteiger partial charge >= 0.3 is 5.97 Å². The van der Waals surface area contributed by atoms with Crippen LogP contribution in [0.3, 0.4) is 0 Å². The number of fused-ring (bicyclic) bond motifs is 1. The van der Waals surface area contributed by atoms with Gasteiger partial charge in [-0.3, -0.25) is 9.59 Å². The summed E-state index contributed by atoms with van der Waals surface area (Å²) in [5.41, 5.74) is 1.51. The molecule has 7 heteroatoms. The molecule has 0 radical (unpaired) electrons. The van der Waals surface area contributed by atoms with Crippen molar-refractivity contribution in [1.29, 1.82) is 0 Å². The fourth-order valence-corrected chi connectivity index (χ4v) is 3.69. The summed E-state index contributed by atoms with van der Waals surface area (Å²) in [5, 5.41) is 22.5. The molecule has 2 atom stereocenters. The molecule has 0 aliphatic carbocycles. The van der Waals surface area contributed by atoms with Crippen LogP contribution in [0, 0.1) is 5.92 Å². The van der Waals surface area contributed by atoms with Gasteiger partial charge < -0.3 is 20.4 Å². The van der Waals surface area contributed by atoms with Gasteiger partial charge in [0.05, 0.1) is 5.56 Å². The number of ketones is 1. The summed E-state index contributed by atoms with van der Waals surface area (Å²) in [4.78, 5) is 38.6. The average Bonchev–Trinajstić information content (AvgIpc) is 2.73. The number of anilines is 2. The Kier molecular flexibility index (Phi) is 6.84. The third-order valence-corrected chi connectivity index (χ3v) is 5.31. The molecule has 0 aromatic heterocycles.